The number of aromatic amines is 1. The summed E-state index contributed by atoms with van der Waals surface area (Å²) in [6, 6.07) is 4.43. The van der Waals surface area contributed by atoms with Gasteiger partial charge in [0, 0.05) is 11.6 Å². The van der Waals surface area contributed by atoms with Crippen LogP contribution in [0.15, 0.2) is 35.1 Å². The Kier molecular flexibility index (Phi) is 3.09. The molecule has 0 spiro atoms. The number of phosphoric acid groups is 1. The average molecular weight is 309 g/mol. The summed E-state index contributed by atoms with van der Waals surface area (Å²) in [4.78, 5) is 39.6. The molecule has 0 bridgehead atoms. The molecule has 0 aliphatic heterocycles. The summed E-state index contributed by atoms with van der Waals surface area (Å²) in [7, 11) is -4.92. The SMILES string of the molecule is O=C(OP(=O)(O)O)c1ccc(-c2ncnc3[nH]ccc23)o1. The number of H-pyrrole nitrogens is 1. The minimum atomic E-state index is -4.92. The van der Waals surface area contributed by atoms with Gasteiger partial charge in [-0.2, -0.15) is 0 Å². The molecule has 0 fully saturated rings. The molecule has 3 heterocycles. The zero-order valence-electron chi connectivity index (χ0n) is 10.3. The highest BCUT2D eigenvalue weighted by molar-refractivity contribution is 7.46. The van der Waals surface area contributed by atoms with Crippen LogP contribution in [0.2, 0.25) is 0 Å². The molecule has 108 valence electrons. The van der Waals surface area contributed by atoms with E-state index in [0.29, 0.717) is 16.7 Å². The number of nitrogens with zero attached hydrogens (tertiary/aromatic N) is 2. The van der Waals surface area contributed by atoms with Gasteiger partial charge in [0.25, 0.3) is 0 Å². The number of fused-ring (bicyclic) bond motifs is 1. The maximum absolute atomic E-state index is 11.5. The predicted molar refractivity (Wildman–Crippen MR) is 69.1 cm³/mol. The van der Waals surface area contributed by atoms with E-state index in [1.54, 1.807) is 12.3 Å². The lowest BCUT2D eigenvalue weighted by molar-refractivity contribution is 0.0645. The number of phosphoric ester groups is 1. The van der Waals surface area contributed by atoms with Gasteiger partial charge in [-0.3, -0.25) is 9.79 Å². The van der Waals surface area contributed by atoms with Gasteiger partial charge < -0.3 is 13.9 Å². The standard InChI is InChI=1S/C11H8N3O6P/c15-11(20-21(16,17)18)8-2-1-7(19-8)9-6-3-4-12-10(6)14-5-13-9/h1-5H,(H,12,13,14)(H2,16,17,18). The second-order valence-corrected chi connectivity index (χ2v) is 5.16. The fourth-order valence-corrected chi connectivity index (χ4v) is 2.10. The largest absolute Gasteiger partial charge is 0.527 e. The molecule has 0 aliphatic carbocycles. The van der Waals surface area contributed by atoms with Crippen LogP contribution in [0, 0.1) is 0 Å². The molecule has 3 N–H and O–H groups in total. The van der Waals surface area contributed by atoms with Crippen molar-refractivity contribution >= 4 is 24.8 Å². The Labute approximate surface area is 116 Å². The smallest absolute Gasteiger partial charge is 0.447 e. The second-order valence-electron chi connectivity index (χ2n) is 4.00. The maximum atomic E-state index is 11.5. The van der Waals surface area contributed by atoms with Gasteiger partial charge in [0.05, 0.1) is 0 Å². The van der Waals surface area contributed by atoms with Crippen LogP contribution in [0.5, 0.6) is 0 Å². The maximum Gasteiger partial charge on any atom is 0.527 e. The molecule has 9 nitrogen and oxygen atoms in total. The van der Waals surface area contributed by atoms with E-state index in [4.69, 9.17) is 14.2 Å². The quantitative estimate of drug-likeness (QED) is 0.618. The number of furan rings is 1. The minimum absolute atomic E-state index is 0.250. The first-order chi connectivity index (χ1) is 9.94. The lowest BCUT2D eigenvalue weighted by atomic mass is 10.2. The normalized spacial score (nSPS) is 11.7. The third-order valence-corrected chi connectivity index (χ3v) is 3.00. The van der Waals surface area contributed by atoms with E-state index in [1.165, 1.54) is 18.5 Å². The molecule has 3 rings (SSSR count). The second kappa shape index (κ2) is 4.81. The Morgan fingerprint density at radius 1 is 1.29 bits per heavy atom. The molecule has 0 atom stereocenters. The fraction of sp³-hybridized carbons (Fsp3) is 0. The average Bonchev–Trinajstić information content (AvgIpc) is 3.05. The van der Waals surface area contributed by atoms with Crippen LogP contribution in [-0.2, 0) is 9.09 Å². The van der Waals surface area contributed by atoms with Crippen molar-refractivity contribution in [3.63, 3.8) is 0 Å². The summed E-state index contributed by atoms with van der Waals surface area (Å²) >= 11 is 0. The summed E-state index contributed by atoms with van der Waals surface area (Å²) in [6.45, 7) is 0. The summed E-state index contributed by atoms with van der Waals surface area (Å²) in [5.74, 6) is -1.34. The van der Waals surface area contributed by atoms with Crippen LogP contribution in [0.4, 0.5) is 0 Å². The van der Waals surface area contributed by atoms with Crippen molar-refractivity contribution in [2.75, 3.05) is 0 Å². The van der Waals surface area contributed by atoms with Crippen molar-refractivity contribution in [3.05, 3.63) is 36.5 Å². The highest BCUT2D eigenvalue weighted by Gasteiger charge is 2.24. The van der Waals surface area contributed by atoms with Gasteiger partial charge in [0.15, 0.2) is 5.76 Å². The molecular formula is C11H8N3O6P. The number of rotatable bonds is 3. The van der Waals surface area contributed by atoms with Crippen molar-refractivity contribution in [1.82, 2.24) is 15.0 Å². The molecule has 0 amide bonds. The van der Waals surface area contributed by atoms with Crippen molar-refractivity contribution in [1.29, 1.82) is 0 Å². The van der Waals surface area contributed by atoms with Crippen LogP contribution >= 0.6 is 7.82 Å². The van der Waals surface area contributed by atoms with Crippen LogP contribution in [0.25, 0.3) is 22.5 Å². The lowest BCUT2D eigenvalue weighted by Crippen LogP contribution is -2.01. The van der Waals surface area contributed by atoms with Crippen LogP contribution in [0.3, 0.4) is 0 Å². The van der Waals surface area contributed by atoms with Crippen LogP contribution < -0.4 is 0 Å². The Hall–Kier alpha value is -2.48. The van der Waals surface area contributed by atoms with E-state index in [1.807, 2.05) is 0 Å². The van der Waals surface area contributed by atoms with Gasteiger partial charge in [-0.25, -0.2) is 19.3 Å². The molecule has 3 aromatic rings. The van der Waals surface area contributed by atoms with E-state index < -0.39 is 13.8 Å². The zero-order valence-corrected chi connectivity index (χ0v) is 11.2. The first-order valence-electron chi connectivity index (χ1n) is 5.62. The molecule has 0 unspecified atom stereocenters. The Morgan fingerprint density at radius 3 is 2.86 bits per heavy atom. The van der Waals surface area contributed by atoms with E-state index in [2.05, 4.69) is 19.5 Å². The monoisotopic (exact) mass is 309 g/mol. The summed E-state index contributed by atoms with van der Waals surface area (Å²) in [6.07, 6.45) is 3.00. The fourth-order valence-electron chi connectivity index (χ4n) is 1.80. The van der Waals surface area contributed by atoms with Crippen molar-refractivity contribution in [2.45, 2.75) is 0 Å². The third-order valence-electron chi connectivity index (χ3n) is 2.60. The molecule has 3 aromatic heterocycles. The molecular weight excluding hydrogens is 301 g/mol. The Morgan fingerprint density at radius 2 is 2.10 bits per heavy atom. The molecule has 0 radical (unpaired) electrons. The molecule has 0 saturated heterocycles. The molecule has 10 heteroatoms. The predicted octanol–water partition coefficient (Wildman–Crippen LogP) is 1.47. The van der Waals surface area contributed by atoms with Crippen molar-refractivity contribution in [2.24, 2.45) is 0 Å². The van der Waals surface area contributed by atoms with Crippen LogP contribution in [-0.4, -0.2) is 30.7 Å². The van der Waals surface area contributed by atoms with E-state index in [-0.39, 0.29) is 11.5 Å². The molecule has 0 aromatic carbocycles. The highest BCUT2D eigenvalue weighted by atomic mass is 31.2. The van der Waals surface area contributed by atoms with E-state index >= 15 is 0 Å². The molecule has 21 heavy (non-hydrogen) atoms. The number of hydrogen-bond donors (Lipinski definition) is 3. The van der Waals surface area contributed by atoms with E-state index in [9.17, 15) is 9.36 Å². The number of aromatic nitrogens is 3. The van der Waals surface area contributed by atoms with Gasteiger partial charge in [-0.05, 0) is 18.2 Å². The molecule has 0 aliphatic rings. The van der Waals surface area contributed by atoms with Gasteiger partial charge in [-0.1, -0.05) is 0 Å². The topological polar surface area (TPSA) is 139 Å². The van der Waals surface area contributed by atoms with Crippen molar-refractivity contribution < 1.29 is 28.1 Å². The first kappa shape index (κ1) is 13.5. The highest BCUT2D eigenvalue weighted by Crippen LogP contribution is 2.37. The lowest BCUT2D eigenvalue weighted by Gasteiger charge is -2.02. The number of carbonyl (C=O) groups excluding carboxylic acids is 1. The summed E-state index contributed by atoms with van der Waals surface area (Å²) < 4.78 is 19.8. The minimum Gasteiger partial charge on any atom is -0.447 e. The zero-order chi connectivity index (χ0) is 15.0. The number of nitrogens with one attached hydrogen (secondary N) is 1. The Bertz CT molecular complexity index is 864. The first-order valence-corrected chi connectivity index (χ1v) is 7.15. The number of carbonyl (C=O) groups is 1. The summed E-state index contributed by atoms with van der Waals surface area (Å²) in [5.41, 5.74) is 1.03. The van der Waals surface area contributed by atoms with Gasteiger partial charge in [0.1, 0.15) is 17.7 Å². The van der Waals surface area contributed by atoms with Crippen molar-refractivity contribution in [3.8, 4) is 11.5 Å². The van der Waals surface area contributed by atoms with Gasteiger partial charge >= 0.3 is 13.8 Å². The van der Waals surface area contributed by atoms with Gasteiger partial charge in [-0.15, -0.1) is 0 Å². The molecule has 0 saturated carbocycles. The van der Waals surface area contributed by atoms with E-state index in [0.717, 1.165) is 0 Å². The summed E-state index contributed by atoms with van der Waals surface area (Å²) in [5, 5.41) is 0.682. The Balaban J connectivity index is 1.97. The third kappa shape index (κ3) is 2.70. The van der Waals surface area contributed by atoms with Gasteiger partial charge in [0.2, 0.25) is 5.76 Å². The van der Waals surface area contributed by atoms with Crippen LogP contribution in [0.1, 0.15) is 10.6 Å². The number of hydrogen-bond acceptors (Lipinski definition) is 6.